The molecule has 0 aliphatic rings. The average Bonchev–Trinajstić information content (AvgIpc) is 2.84. The van der Waals surface area contributed by atoms with Crippen LogP contribution < -0.4 is 15.8 Å². The molecule has 0 spiro atoms. The van der Waals surface area contributed by atoms with Crippen LogP contribution in [-0.4, -0.2) is 28.1 Å². The Kier molecular flexibility index (Phi) is 6.64. The molecule has 4 aromatic carbocycles. The summed E-state index contributed by atoms with van der Waals surface area (Å²) in [6, 6.07) is 23.5. The highest BCUT2D eigenvalue weighted by atomic mass is 16.5. The van der Waals surface area contributed by atoms with E-state index in [1.54, 1.807) is 30.3 Å². The molecule has 0 aliphatic carbocycles. The lowest BCUT2D eigenvalue weighted by molar-refractivity contribution is -0.139. The molecule has 4 aromatic rings. The summed E-state index contributed by atoms with van der Waals surface area (Å²) in [5.74, 6) is -1.20. The number of rotatable bonds is 8. The number of amides is 1. The highest BCUT2D eigenvalue weighted by molar-refractivity contribution is 5.97. The summed E-state index contributed by atoms with van der Waals surface area (Å²) in [5.41, 5.74) is 8.19. The van der Waals surface area contributed by atoms with Gasteiger partial charge in [0.05, 0.1) is 5.69 Å². The zero-order valence-electron chi connectivity index (χ0n) is 18.3. The van der Waals surface area contributed by atoms with Gasteiger partial charge in [0.1, 0.15) is 24.1 Å². The Morgan fingerprint density at radius 3 is 2.32 bits per heavy atom. The molecule has 172 valence electrons. The van der Waals surface area contributed by atoms with Gasteiger partial charge in [0, 0.05) is 12.0 Å². The number of ether oxygens (including phenoxy) is 1. The van der Waals surface area contributed by atoms with E-state index in [1.165, 1.54) is 12.1 Å². The first-order chi connectivity index (χ1) is 16.4. The maximum atomic E-state index is 12.8. The molecule has 0 bridgehead atoms. The number of hydrogen-bond acceptors (Lipinski definition) is 5. The molecule has 0 aliphatic heterocycles. The van der Waals surface area contributed by atoms with E-state index in [4.69, 9.17) is 10.5 Å². The summed E-state index contributed by atoms with van der Waals surface area (Å²) in [6.45, 7) is 0.190. The van der Waals surface area contributed by atoms with Crippen LogP contribution in [0.2, 0.25) is 0 Å². The first kappa shape index (κ1) is 22.7. The Hall–Kier alpha value is -4.52. The fraction of sp³-hybridized carbons (Fsp3) is 0.111. The zero-order chi connectivity index (χ0) is 24.1. The van der Waals surface area contributed by atoms with Crippen molar-refractivity contribution in [2.24, 2.45) is 0 Å². The number of carbonyl (C=O) groups excluding carboxylic acids is 1. The van der Waals surface area contributed by atoms with E-state index in [0.717, 1.165) is 21.9 Å². The van der Waals surface area contributed by atoms with Crippen LogP contribution in [0.25, 0.3) is 10.8 Å². The number of carboxylic acids is 1. The number of phenolic OH excluding ortho intramolecular Hbond substituents is 1. The Balaban J connectivity index is 1.46. The van der Waals surface area contributed by atoms with Crippen molar-refractivity contribution in [3.05, 3.63) is 102 Å². The predicted molar refractivity (Wildman–Crippen MR) is 130 cm³/mol. The first-order valence-electron chi connectivity index (χ1n) is 10.7. The molecule has 1 amide bonds. The van der Waals surface area contributed by atoms with Gasteiger partial charge >= 0.3 is 5.97 Å². The zero-order valence-corrected chi connectivity index (χ0v) is 18.3. The minimum atomic E-state index is -1.12. The lowest BCUT2D eigenvalue weighted by Gasteiger charge is -2.16. The van der Waals surface area contributed by atoms with Crippen molar-refractivity contribution in [1.29, 1.82) is 0 Å². The lowest BCUT2D eigenvalue weighted by Crippen LogP contribution is -2.42. The standard InChI is InChI=1S/C27H24N2O5/c28-23-12-9-21(15-25(23)34-16-17-6-10-22(30)11-7-17)26(31)29-24(27(32)33)14-18-5-8-19-3-1-2-4-20(19)13-18/h1-13,15,24,30H,14,16,28H2,(H,29,31)(H,32,33)/t24-/m0/s1. The number of aliphatic carboxylic acids is 1. The average molecular weight is 456 g/mol. The molecule has 0 saturated carbocycles. The smallest absolute Gasteiger partial charge is 0.326 e. The highest BCUT2D eigenvalue weighted by Gasteiger charge is 2.22. The number of carbonyl (C=O) groups is 2. The second-order valence-electron chi connectivity index (χ2n) is 7.96. The van der Waals surface area contributed by atoms with Gasteiger partial charge in [-0.15, -0.1) is 0 Å². The molecule has 7 nitrogen and oxygen atoms in total. The maximum Gasteiger partial charge on any atom is 0.326 e. The number of nitrogen functional groups attached to an aromatic ring is 1. The second kappa shape index (κ2) is 9.95. The molecule has 7 heteroatoms. The molecule has 0 unspecified atom stereocenters. The fourth-order valence-electron chi connectivity index (χ4n) is 3.60. The van der Waals surface area contributed by atoms with Crippen molar-refractivity contribution in [3.63, 3.8) is 0 Å². The second-order valence-corrected chi connectivity index (χ2v) is 7.96. The van der Waals surface area contributed by atoms with Gasteiger partial charge in [-0.2, -0.15) is 0 Å². The Bertz CT molecular complexity index is 1330. The molecule has 0 heterocycles. The van der Waals surface area contributed by atoms with Crippen molar-refractivity contribution < 1.29 is 24.5 Å². The summed E-state index contributed by atoms with van der Waals surface area (Å²) >= 11 is 0. The quantitative estimate of drug-likeness (QED) is 0.296. The lowest BCUT2D eigenvalue weighted by atomic mass is 10.0. The Morgan fingerprint density at radius 1 is 0.882 bits per heavy atom. The van der Waals surface area contributed by atoms with Gasteiger partial charge < -0.3 is 26.0 Å². The minimum absolute atomic E-state index is 0.144. The Labute approximate surface area is 196 Å². The number of hydrogen-bond donors (Lipinski definition) is 4. The summed E-state index contributed by atoms with van der Waals surface area (Å²) < 4.78 is 5.74. The van der Waals surface area contributed by atoms with Gasteiger partial charge in [0.2, 0.25) is 0 Å². The van der Waals surface area contributed by atoms with Crippen molar-refractivity contribution in [2.45, 2.75) is 19.1 Å². The summed E-state index contributed by atoms with van der Waals surface area (Å²) in [5, 5.41) is 23.7. The third-order valence-electron chi connectivity index (χ3n) is 5.46. The summed E-state index contributed by atoms with van der Waals surface area (Å²) in [7, 11) is 0. The van der Waals surface area contributed by atoms with Crippen LogP contribution in [0.3, 0.4) is 0 Å². The van der Waals surface area contributed by atoms with E-state index < -0.39 is 17.9 Å². The number of fused-ring (bicyclic) bond motifs is 1. The van der Waals surface area contributed by atoms with E-state index in [9.17, 15) is 19.8 Å². The summed E-state index contributed by atoms with van der Waals surface area (Å²) in [6.07, 6.45) is 0.144. The van der Waals surface area contributed by atoms with Crippen LogP contribution in [0.1, 0.15) is 21.5 Å². The van der Waals surface area contributed by atoms with Crippen LogP contribution in [0.4, 0.5) is 5.69 Å². The van der Waals surface area contributed by atoms with Crippen molar-refractivity contribution in [3.8, 4) is 11.5 Å². The van der Waals surface area contributed by atoms with E-state index in [1.807, 2.05) is 42.5 Å². The van der Waals surface area contributed by atoms with Crippen molar-refractivity contribution in [1.82, 2.24) is 5.32 Å². The molecular formula is C27H24N2O5. The molecule has 4 rings (SSSR count). The predicted octanol–water partition coefficient (Wildman–Crippen LogP) is 4.13. The number of phenols is 1. The molecule has 0 radical (unpaired) electrons. The minimum Gasteiger partial charge on any atom is -0.508 e. The molecule has 0 fully saturated rings. The van der Waals surface area contributed by atoms with Gasteiger partial charge in [0.25, 0.3) is 5.91 Å². The highest BCUT2D eigenvalue weighted by Crippen LogP contribution is 2.24. The molecular weight excluding hydrogens is 432 g/mol. The monoisotopic (exact) mass is 456 g/mol. The van der Waals surface area contributed by atoms with Gasteiger partial charge in [-0.25, -0.2) is 4.79 Å². The van der Waals surface area contributed by atoms with Crippen LogP contribution in [-0.2, 0) is 17.8 Å². The van der Waals surface area contributed by atoms with E-state index in [2.05, 4.69) is 5.32 Å². The van der Waals surface area contributed by atoms with Crippen LogP contribution in [0.5, 0.6) is 11.5 Å². The summed E-state index contributed by atoms with van der Waals surface area (Å²) in [4.78, 5) is 24.7. The fourth-order valence-corrected chi connectivity index (χ4v) is 3.60. The van der Waals surface area contributed by atoms with Gasteiger partial charge in [0.15, 0.2) is 0 Å². The molecule has 0 saturated heterocycles. The topological polar surface area (TPSA) is 122 Å². The van der Waals surface area contributed by atoms with Crippen LogP contribution in [0.15, 0.2) is 84.9 Å². The number of benzene rings is 4. The van der Waals surface area contributed by atoms with E-state index >= 15 is 0 Å². The van der Waals surface area contributed by atoms with Gasteiger partial charge in [-0.3, -0.25) is 4.79 Å². The SMILES string of the molecule is Nc1ccc(C(=O)N[C@@H](Cc2ccc3ccccc3c2)C(=O)O)cc1OCc1ccc(O)cc1. The van der Waals surface area contributed by atoms with Crippen LogP contribution in [0, 0.1) is 0 Å². The number of anilines is 1. The number of aromatic hydroxyl groups is 1. The number of nitrogens with two attached hydrogens (primary N) is 1. The molecule has 1 atom stereocenters. The first-order valence-corrected chi connectivity index (χ1v) is 10.7. The van der Waals surface area contributed by atoms with E-state index in [-0.39, 0.29) is 24.3 Å². The van der Waals surface area contributed by atoms with E-state index in [0.29, 0.717) is 11.4 Å². The molecule has 5 N–H and O–H groups in total. The largest absolute Gasteiger partial charge is 0.508 e. The van der Waals surface area contributed by atoms with Crippen molar-refractivity contribution >= 4 is 28.3 Å². The Morgan fingerprint density at radius 2 is 1.59 bits per heavy atom. The normalized spacial score (nSPS) is 11.6. The van der Waals surface area contributed by atoms with Crippen LogP contribution >= 0.6 is 0 Å². The van der Waals surface area contributed by atoms with Gasteiger partial charge in [-0.1, -0.05) is 54.6 Å². The van der Waals surface area contributed by atoms with Gasteiger partial charge in [-0.05, 0) is 52.2 Å². The number of carboxylic acid groups (broad SMARTS) is 1. The van der Waals surface area contributed by atoms with Crippen molar-refractivity contribution in [2.75, 3.05) is 5.73 Å². The molecule has 34 heavy (non-hydrogen) atoms. The third kappa shape index (κ3) is 5.45. The third-order valence-corrected chi connectivity index (χ3v) is 5.46. The maximum absolute atomic E-state index is 12.8. The molecule has 0 aromatic heterocycles. The number of nitrogens with one attached hydrogen (secondary N) is 1.